The van der Waals surface area contributed by atoms with E-state index < -0.39 is 0 Å². The summed E-state index contributed by atoms with van der Waals surface area (Å²) in [6, 6.07) is 12.7. The molecule has 3 nitrogen and oxygen atoms in total. The molecule has 2 aromatic rings. The minimum atomic E-state index is 0.0732. The van der Waals surface area contributed by atoms with Crippen molar-refractivity contribution in [1.29, 1.82) is 0 Å². The van der Waals surface area contributed by atoms with Crippen LogP contribution in [-0.4, -0.2) is 23.9 Å². The minimum absolute atomic E-state index is 0.0732. The maximum Gasteiger partial charge on any atom is 0.238 e. The number of amides is 1. The van der Waals surface area contributed by atoms with Crippen LogP contribution in [0.1, 0.15) is 34.2 Å². The van der Waals surface area contributed by atoms with Crippen molar-refractivity contribution in [3.05, 3.63) is 51.7 Å². The van der Waals surface area contributed by atoms with Crippen LogP contribution < -0.4 is 5.32 Å². The lowest BCUT2D eigenvalue weighted by molar-refractivity contribution is -0.117. The second-order valence-corrected chi connectivity index (χ2v) is 7.31. The largest absolute Gasteiger partial charge is 0.325 e. The molecule has 22 heavy (non-hydrogen) atoms. The molecule has 1 unspecified atom stereocenters. The summed E-state index contributed by atoms with van der Waals surface area (Å²) >= 11 is 1.85. The molecule has 1 amide bonds. The van der Waals surface area contributed by atoms with Crippen molar-refractivity contribution < 1.29 is 4.79 Å². The number of carbonyl (C=O) groups excluding carboxylic acids is 1. The summed E-state index contributed by atoms with van der Waals surface area (Å²) in [6.45, 7) is 5.65. The molecule has 0 saturated carbocycles. The van der Waals surface area contributed by atoms with Gasteiger partial charge in [-0.05, 0) is 57.5 Å². The molecular formula is C18H22N2OS. The number of carbonyl (C=O) groups is 1. The second-order valence-electron chi connectivity index (χ2n) is 5.99. The number of nitrogens with zero attached hydrogens (tertiary/aromatic N) is 1. The van der Waals surface area contributed by atoms with E-state index in [0.717, 1.165) is 18.7 Å². The number of hydrogen-bond donors (Lipinski definition) is 1. The molecule has 1 saturated heterocycles. The fourth-order valence-corrected chi connectivity index (χ4v) is 4.04. The molecule has 4 heteroatoms. The van der Waals surface area contributed by atoms with Crippen LogP contribution in [0.4, 0.5) is 5.69 Å². The SMILES string of the molecule is Cc1ccc(NC(=O)CN2CCCC2c2ccc(C)s2)cc1. The molecule has 0 radical (unpaired) electrons. The lowest BCUT2D eigenvalue weighted by Gasteiger charge is -2.23. The number of nitrogens with one attached hydrogen (secondary N) is 1. The van der Waals surface area contributed by atoms with Crippen molar-refractivity contribution in [3.63, 3.8) is 0 Å². The van der Waals surface area contributed by atoms with E-state index in [1.165, 1.54) is 21.7 Å². The van der Waals surface area contributed by atoms with Gasteiger partial charge in [-0.25, -0.2) is 0 Å². The van der Waals surface area contributed by atoms with E-state index in [9.17, 15) is 4.79 Å². The summed E-state index contributed by atoms with van der Waals surface area (Å²) in [5, 5.41) is 3.00. The number of thiophene rings is 1. The highest BCUT2D eigenvalue weighted by molar-refractivity contribution is 7.12. The third-order valence-corrected chi connectivity index (χ3v) is 5.24. The highest BCUT2D eigenvalue weighted by Crippen LogP contribution is 2.35. The summed E-state index contributed by atoms with van der Waals surface area (Å²) in [4.78, 5) is 17.3. The maximum absolute atomic E-state index is 12.3. The lowest BCUT2D eigenvalue weighted by Crippen LogP contribution is -2.32. The van der Waals surface area contributed by atoms with Gasteiger partial charge in [0, 0.05) is 21.5 Å². The van der Waals surface area contributed by atoms with Gasteiger partial charge < -0.3 is 5.32 Å². The highest BCUT2D eigenvalue weighted by atomic mass is 32.1. The maximum atomic E-state index is 12.3. The van der Waals surface area contributed by atoms with E-state index in [4.69, 9.17) is 0 Å². The van der Waals surface area contributed by atoms with Crippen LogP contribution in [0.3, 0.4) is 0 Å². The van der Waals surface area contributed by atoms with Gasteiger partial charge in [-0.3, -0.25) is 9.69 Å². The molecule has 1 atom stereocenters. The van der Waals surface area contributed by atoms with Crippen LogP contribution in [-0.2, 0) is 4.79 Å². The van der Waals surface area contributed by atoms with Crippen molar-refractivity contribution >= 4 is 22.9 Å². The van der Waals surface area contributed by atoms with Crippen molar-refractivity contribution in [2.24, 2.45) is 0 Å². The molecule has 1 aliphatic heterocycles. The van der Waals surface area contributed by atoms with Gasteiger partial charge >= 0.3 is 0 Å². The van der Waals surface area contributed by atoms with Crippen LogP contribution >= 0.6 is 11.3 Å². The molecule has 0 bridgehead atoms. The predicted molar refractivity (Wildman–Crippen MR) is 92.4 cm³/mol. The average Bonchev–Trinajstić information content (AvgIpc) is 3.10. The van der Waals surface area contributed by atoms with E-state index in [0.29, 0.717) is 12.6 Å². The Morgan fingerprint density at radius 3 is 2.68 bits per heavy atom. The Bertz CT molecular complexity index is 647. The molecular weight excluding hydrogens is 292 g/mol. The first-order chi connectivity index (χ1) is 10.6. The number of aryl methyl sites for hydroxylation is 2. The van der Waals surface area contributed by atoms with E-state index >= 15 is 0 Å². The Morgan fingerprint density at radius 2 is 2.00 bits per heavy atom. The molecule has 1 fully saturated rings. The zero-order chi connectivity index (χ0) is 15.5. The summed E-state index contributed by atoms with van der Waals surface area (Å²) in [5.41, 5.74) is 2.07. The Balaban J connectivity index is 1.61. The summed E-state index contributed by atoms with van der Waals surface area (Å²) in [5.74, 6) is 0.0732. The van der Waals surface area contributed by atoms with E-state index in [1.807, 2.05) is 42.5 Å². The predicted octanol–water partition coefficient (Wildman–Crippen LogP) is 4.14. The molecule has 1 N–H and O–H groups in total. The summed E-state index contributed by atoms with van der Waals surface area (Å²) in [7, 11) is 0. The lowest BCUT2D eigenvalue weighted by atomic mass is 10.2. The van der Waals surface area contributed by atoms with Crippen LogP contribution in [0.25, 0.3) is 0 Å². The topological polar surface area (TPSA) is 32.3 Å². The Kier molecular flexibility index (Phi) is 4.60. The van der Waals surface area contributed by atoms with Crippen molar-refractivity contribution in [2.45, 2.75) is 32.7 Å². The van der Waals surface area contributed by atoms with E-state index in [1.54, 1.807) is 0 Å². The van der Waals surface area contributed by atoms with Gasteiger partial charge in [0.05, 0.1) is 6.54 Å². The van der Waals surface area contributed by atoms with Crippen LogP contribution in [0.2, 0.25) is 0 Å². The molecule has 1 aliphatic rings. The van der Waals surface area contributed by atoms with Crippen molar-refractivity contribution in [2.75, 3.05) is 18.4 Å². The number of benzene rings is 1. The van der Waals surface area contributed by atoms with Gasteiger partial charge in [0.25, 0.3) is 0 Å². The monoisotopic (exact) mass is 314 g/mol. The van der Waals surface area contributed by atoms with Crippen LogP contribution in [0.5, 0.6) is 0 Å². The normalized spacial score (nSPS) is 18.5. The first kappa shape index (κ1) is 15.3. The van der Waals surface area contributed by atoms with Gasteiger partial charge in [0.2, 0.25) is 5.91 Å². The minimum Gasteiger partial charge on any atom is -0.325 e. The summed E-state index contributed by atoms with van der Waals surface area (Å²) < 4.78 is 0. The zero-order valence-electron chi connectivity index (χ0n) is 13.1. The number of likely N-dealkylation sites (tertiary alicyclic amines) is 1. The van der Waals surface area contributed by atoms with E-state index in [2.05, 4.69) is 29.3 Å². The standard InChI is InChI=1S/C18H22N2OS/c1-13-5-8-15(9-6-13)19-18(21)12-20-11-3-4-16(20)17-10-7-14(2)22-17/h5-10,16H,3-4,11-12H2,1-2H3,(H,19,21). The van der Waals surface area contributed by atoms with E-state index in [-0.39, 0.29) is 5.91 Å². The first-order valence-corrected chi connectivity index (χ1v) is 8.60. The number of hydrogen-bond acceptors (Lipinski definition) is 3. The Labute approximate surface area is 136 Å². The molecule has 0 aliphatic carbocycles. The van der Waals surface area contributed by atoms with Gasteiger partial charge in [0.1, 0.15) is 0 Å². The fourth-order valence-electron chi connectivity index (χ4n) is 2.99. The van der Waals surface area contributed by atoms with Crippen LogP contribution in [0.15, 0.2) is 36.4 Å². The van der Waals surface area contributed by atoms with Crippen molar-refractivity contribution in [3.8, 4) is 0 Å². The molecule has 0 spiro atoms. The second kappa shape index (κ2) is 6.63. The molecule has 116 valence electrons. The van der Waals surface area contributed by atoms with Gasteiger partial charge in [-0.15, -0.1) is 11.3 Å². The van der Waals surface area contributed by atoms with Crippen molar-refractivity contribution in [1.82, 2.24) is 4.90 Å². The zero-order valence-corrected chi connectivity index (χ0v) is 14.0. The third-order valence-electron chi connectivity index (χ3n) is 4.14. The van der Waals surface area contributed by atoms with Gasteiger partial charge in [-0.2, -0.15) is 0 Å². The fraction of sp³-hybridized carbons (Fsp3) is 0.389. The smallest absolute Gasteiger partial charge is 0.238 e. The Morgan fingerprint density at radius 1 is 1.23 bits per heavy atom. The quantitative estimate of drug-likeness (QED) is 0.920. The highest BCUT2D eigenvalue weighted by Gasteiger charge is 2.28. The molecule has 2 heterocycles. The number of anilines is 1. The summed E-state index contributed by atoms with van der Waals surface area (Å²) in [6.07, 6.45) is 2.32. The van der Waals surface area contributed by atoms with Gasteiger partial charge in [-0.1, -0.05) is 17.7 Å². The van der Waals surface area contributed by atoms with Gasteiger partial charge in [0.15, 0.2) is 0 Å². The Hall–Kier alpha value is -1.65. The molecule has 1 aromatic carbocycles. The third kappa shape index (κ3) is 3.57. The van der Waals surface area contributed by atoms with Crippen LogP contribution in [0, 0.1) is 13.8 Å². The first-order valence-electron chi connectivity index (χ1n) is 7.79. The average molecular weight is 314 g/mol. The number of rotatable bonds is 4. The molecule has 3 rings (SSSR count). The molecule has 1 aromatic heterocycles.